The second kappa shape index (κ2) is 4.85. The van der Waals surface area contributed by atoms with Gasteiger partial charge in [-0.15, -0.1) is 0 Å². The van der Waals surface area contributed by atoms with Crippen molar-refractivity contribution < 1.29 is 0 Å². The SMILES string of the molecule is Cc1ccccc1Cn1cc(N)c(-c2cnn(C)c2)n1. The van der Waals surface area contributed by atoms with Gasteiger partial charge in [0.1, 0.15) is 5.69 Å². The Morgan fingerprint density at radius 1 is 1.20 bits per heavy atom. The van der Waals surface area contributed by atoms with E-state index in [0.29, 0.717) is 5.69 Å². The molecule has 0 amide bonds. The fourth-order valence-corrected chi connectivity index (χ4v) is 2.25. The molecule has 5 nitrogen and oxygen atoms in total. The Kier molecular flexibility index (Phi) is 3.02. The highest BCUT2D eigenvalue weighted by atomic mass is 15.3. The minimum Gasteiger partial charge on any atom is -0.396 e. The molecule has 0 saturated carbocycles. The summed E-state index contributed by atoms with van der Waals surface area (Å²) in [5, 5.41) is 8.72. The number of aromatic nitrogens is 4. The first-order valence-electron chi connectivity index (χ1n) is 6.50. The van der Waals surface area contributed by atoms with Gasteiger partial charge in [0.05, 0.1) is 18.4 Å². The summed E-state index contributed by atoms with van der Waals surface area (Å²) in [6, 6.07) is 8.29. The fraction of sp³-hybridized carbons (Fsp3) is 0.200. The van der Waals surface area contributed by atoms with E-state index in [4.69, 9.17) is 5.73 Å². The van der Waals surface area contributed by atoms with Gasteiger partial charge >= 0.3 is 0 Å². The van der Waals surface area contributed by atoms with E-state index in [1.807, 2.05) is 36.3 Å². The van der Waals surface area contributed by atoms with Crippen LogP contribution in [0.5, 0.6) is 0 Å². The predicted molar refractivity (Wildman–Crippen MR) is 79.1 cm³/mol. The summed E-state index contributed by atoms with van der Waals surface area (Å²) in [7, 11) is 1.88. The van der Waals surface area contributed by atoms with Gasteiger partial charge < -0.3 is 5.73 Å². The number of nitrogens with two attached hydrogens (primary N) is 1. The average molecular weight is 267 g/mol. The number of aryl methyl sites for hydroxylation is 2. The Labute approximate surface area is 117 Å². The van der Waals surface area contributed by atoms with Gasteiger partial charge in [0, 0.05) is 25.0 Å². The van der Waals surface area contributed by atoms with E-state index in [2.05, 4.69) is 29.3 Å². The molecule has 0 atom stereocenters. The Balaban J connectivity index is 1.91. The number of hydrogen-bond acceptors (Lipinski definition) is 3. The smallest absolute Gasteiger partial charge is 0.118 e. The van der Waals surface area contributed by atoms with E-state index in [0.717, 1.165) is 17.8 Å². The monoisotopic (exact) mass is 267 g/mol. The van der Waals surface area contributed by atoms with Crippen LogP contribution in [-0.4, -0.2) is 19.6 Å². The molecular weight excluding hydrogens is 250 g/mol. The highest BCUT2D eigenvalue weighted by molar-refractivity contribution is 5.70. The van der Waals surface area contributed by atoms with Gasteiger partial charge in [0.15, 0.2) is 0 Å². The molecule has 0 bridgehead atoms. The van der Waals surface area contributed by atoms with Crippen molar-refractivity contribution in [1.29, 1.82) is 0 Å². The molecule has 1 aromatic carbocycles. The first-order valence-corrected chi connectivity index (χ1v) is 6.50. The molecule has 0 spiro atoms. The summed E-state index contributed by atoms with van der Waals surface area (Å²) < 4.78 is 3.62. The lowest BCUT2D eigenvalue weighted by Gasteiger charge is -2.05. The molecule has 3 aromatic rings. The number of benzene rings is 1. The van der Waals surface area contributed by atoms with Gasteiger partial charge in [-0.1, -0.05) is 24.3 Å². The Bertz CT molecular complexity index is 738. The van der Waals surface area contributed by atoms with Gasteiger partial charge in [0.2, 0.25) is 0 Å². The van der Waals surface area contributed by atoms with Gasteiger partial charge in [0.25, 0.3) is 0 Å². The van der Waals surface area contributed by atoms with Crippen LogP contribution in [0.25, 0.3) is 11.3 Å². The zero-order valence-corrected chi connectivity index (χ0v) is 11.6. The van der Waals surface area contributed by atoms with Gasteiger partial charge in [-0.25, -0.2) is 0 Å². The van der Waals surface area contributed by atoms with Crippen molar-refractivity contribution in [3.63, 3.8) is 0 Å². The van der Waals surface area contributed by atoms with Crippen LogP contribution in [0.2, 0.25) is 0 Å². The van der Waals surface area contributed by atoms with E-state index in [-0.39, 0.29) is 0 Å². The fourth-order valence-electron chi connectivity index (χ4n) is 2.25. The lowest BCUT2D eigenvalue weighted by Crippen LogP contribution is -2.02. The Morgan fingerprint density at radius 2 is 2.00 bits per heavy atom. The molecule has 0 aliphatic carbocycles. The first-order chi connectivity index (χ1) is 9.63. The van der Waals surface area contributed by atoms with Crippen LogP contribution in [0, 0.1) is 6.92 Å². The summed E-state index contributed by atoms with van der Waals surface area (Å²) >= 11 is 0. The Hall–Kier alpha value is -2.56. The molecule has 2 N–H and O–H groups in total. The van der Waals surface area contributed by atoms with E-state index in [1.54, 1.807) is 10.9 Å². The molecule has 0 aliphatic heterocycles. The van der Waals surface area contributed by atoms with Gasteiger partial charge in [-0.2, -0.15) is 10.2 Å². The number of nitrogen functional groups attached to an aromatic ring is 1. The van der Waals surface area contributed by atoms with E-state index in [1.165, 1.54) is 11.1 Å². The van der Waals surface area contributed by atoms with Gasteiger partial charge in [-0.05, 0) is 18.1 Å². The third-order valence-corrected chi connectivity index (χ3v) is 3.36. The maximum absolute atomic E-state index is 6.05. The van der Waals surface area contributed by atoms with Crippen molar-refractivity contribution in [2.24, 2.45) is 7.05 Å². The molecule has 0 aliphatic rings. The number of rotatable bonds is 3. The van der Waals surface area contributed by atoms with Crippen molar-refractivity contribution in [2.45, 2.75) is 13.5 Å². The number of hydrogen-bond donors (Lipinski definition) is 1. The third-order valence-electron chi connectivity index (χ3n) is 3.36. The molecule has 5 heteroatoms. The molecule has 20 heavy (non-hydrogen) atoms. The molecule has 0 saturated heterocycles. The van der Waals surface area contributed by atoms with Crippen LogP contribution < -0.4 is 5.73 Å². The summed E-state index contributed by atoms with van der Waals surface area (Å²) in [6.07, 6.45) is 5.56. The summed E-state index contributed by atoms with van der Waals surface area (Å²) in [4.78, 5) is 0. The van der Waals surface area contributed by atoms with Crippen LogP contribution in [0.15, 0.2) is 42.9 Å². The average Bonchev–Trinajstić information content (AvgIpc) is 2.98. The molecule has 3 rings (SSSR count). The first kappa shape index (κ1) is 12.5. The maximum Gasteiger partial charge on any atom is 0.118 e. The lowest BCUT2D eigenvalue weighted by atomic mass is 10.1. The zero-order valence-electron chi connectivity index (χ0n) is 11.6. The zero-order chi connectivity index (χ0) is 14.1. The van der Waals surface area contributed by atoms with Crippen molar-refractivity contribution >= 4 is 5.69 Å². The number of nitrogens with zero attached hydrogens (tertiary/aromatic N) is 4. The second-order valence-electron chi connectivity index (χ2n) is 4.96. The van der Waals surface area contributed by atoms with E-state index in [9.17, 15) is 0 Å². The predicted octanol–water partition coefficient (Wildman–Crippen LogP) is 2.22. The molecular formula is C15H17N5. The maximum atomic E-state index is 6.05. The van der Waals surface area contributed by atoms with Crippen LogP contribution in [-0.2, 0) is 13.6 Å². The van der Waals surface area contributed by atoms with E-state index >= 15 is 0 Å². The van der Waals surface area contributed by atoms with Crippen LogP contribution in [0.4, 0.5) is 5.69 Å². The Morgan fingerprint density at radius 3 is 2.70 bits per heavy atom. The lowest BCUT2D eigenvalue weighted by molar-refractivity contribution is 0.686. The van der Waals surface area contributed by atoms with Crippen molar-refractivity contribution in [1.82, 2.24) is 19.6 Å². The van der Waals surface area contributed by atoms with Crippen molar-refractivity contribution in [3.05, 3.63) is 54.0 Å². The summed E-state index contributed by atoms with van der Waals surface area (Å²) in [6.45, 7) is 2.82. The second-order valence-corrected chi connectivity index (χ2v) is 4.96. The van der Waals surface area contributed by atoms with Crippen molar-refractivity contribution in [3.8, 4) is 11.3 Å². The quantitative estimate of drug-likeness (QED) is 0.791. The standard InChI is InChI=1S/C15H17N5/c1-11-5-3-4-6-12(11)9-20-10-14(16)15(18-20)13-7-17-19(2)8-13/h3-8,10H,9,16H2,1-2H3. The highest BCUT2D eigenvalue weighted by Gasteiger charge is 2.10. The summed E-state index contributed by atoms with van der Waals surface area (Å²) in [5.74, 6) is 0. The molecule has 102 valence electrons. The molecule has 0 fully saturated rings. The van der Waals surface area contributed by atoms with Crippen LogP contribution in [0.1, 0.15) is 11.1 Å². The molecule has 0 radical (unpaired) electrons. The summed E-state index contributed by atoms with van der Waals surface area (Å²) in [5.41, 5.74) is 10.9. The van der Waals surface area contributed by atoms with Crippen molar-refractivity contribution in [2.75, 3.05) is 5.73 Å². The minimum atomic E-state index is 0.673. The third kappa shape index (κ3) is 2.30. The minimum absolute atomic E-state index is 0.673. The van der Waals surface area contributed by atoms with Crippen LogP contribution >= 0.6 is 0 Å². The number of anilines is 1. The molecule has 2 aromatic heterocycles. The largest absolute Gasteiger partial charge is 0.396 e. The molecule has 0 unspecified atom stereocenters. The van der Waals surface area contributed by atoms with Crippen LogP contribution in [0.3, 0.4) is 0 Å². The highest BCUT2D eigenvalue weighted by Crippen LogP contribution is 2.23. The topological polar surface area (TPSA) is 61.7 Å². The van der Waals surface area contributed by atoms with E-state index < -0.39 is 0 Å². The normalized spacial score (nSPS) is 10.9. The molecule has 2 heterocycles. The van der Waals surface area contributed by atoms with Gasteiger partial charge in [-0.3, -0.25) is 9.36 Å².